The Balaban J connectivity index is 1.91. The Hall–Kier alpha value is -1.62. The first kappa shape index (κ1) is 16.2. The Bertz CT molecular complexity index is 803. The molecule has 2 aromatic rings. The number of para-hydroxylation sites is 1. The van der Waals surface area contributed by atoms with Crippen LogP contribution in [0.4, 0.5) is 11.4 Å². The molecular formula is C20H21IN2. The number of allylic oxidation sites excluding steroid dienone is 2. The minimum absolute atomic E-state index is 0.000648. The number of hydrogen-bond donors (Lipinski definition) is 0. The van der Waals surface area contributed by atoms with Gasteiger partial charge in [0.2, 0.25) is 0 Å². The normalized spacial score (nSPS) is 18.0. The van der Waals surface area contributed by atoms with Gasteiger partial charge in [-0.15, -0.1) is 0 Å². The number of aliphatic imine (C=N–C) groups is 1. The summed E-state index contributed by atoms with van der Waals surface area (Å²) in [6.45, 7) is 6.65. The molecule has 0 N–H and O–H groups in total. The highest BCUT2D eigenvalue weighted by Gasteiger charge is 2.37. The van der Waals surface area contributed by atoms with Crippen LogP contribution in [0, 0.1) is 10.5 Å². The third-order valence-electron chi connectivity index (χ3n) is 4.54. The van der Waals surface area contributed by atoms with E-state index in [0.29, 0.717) is 0 Å². The van der Waals surface area contributed by atoms with Gasteiger partial charge in [0.05, 0.1) is 5.69 Å². The smallest absolute Gasteiger partial charge is 0.0633 e. The van der Waals surface area contributed by atoms with Crippen LogP contribution in [-0.2, 0) is 5.41 Å². The van der Waals surface area contributed by atoms with E-state index < -0.39 is 0 Å². The molecule has 118 valence electrons. The van der Waals surface area contributed by atoms with Crippen molar-refractivity contribution < 1.29 is 0 Å². The second-order valence-corrected chi connectivity index (χ2v) is 7.63. The highest BCUT2D eigenvalue weighted by atomic mass is 127. The minimum atomic E-state index is -0.000648. The van der Waals surface area contributed by atoms with Crippen molar-refractivity contribution in [3.05, 3.63) is 68.9 Å². The summed E-state index contributed by atoms with van der Waals surface area (Å²) in [5.74, 6) is 0. The number of benzene rings is 2. The van der Waals surface area contributed by atoms with Crippen molar-refractivity contribution in [3.8, 4) is 0 Å². The van der Waals surface area contributed by atoms with Gasteiger partial charge < -0.3 is 4.90 Å². The fourth-order valence-corrected chi connectivity index (χ4v) is 3.54. The van der Waals surface area contributed by atoms with Crippen LogP contribution in [0.5, 0.6) is 0 Å². The quantitative estimate of drug-likeness (QED) is 0.459. The second kappa shape index (κ2) is 6.11. The standard InChI is InChI=1S/C20H21IN2/c1-14-13-15(9-10-17(14)21)22-12-11-19-20(2,3)16-7-5-6-8-18(16)23(19)4/h5-13H,1-4H3. The van der Waals surface area contributed by atoms with Crippen molar-refractivity contribution in [2.75, 3.05) is 11.9 Å². The largest absolute Gasteiger partial charge is 0.347 e. The van der Waals surface area contributed by atoms with Gasteiger partial charge in [0.15, 0.2) is 0 Å². The summed E-state index contributed by atoms with van der Waals surface area (Å²) in [5, 5.41) is 0. The first-order valence-corrected chi connectivity index (χ1v) is 8.83. The van der Waals surface area contributed by atoms with E-state index in [4.69, 9.17) is 0 Å². The van der Waals surface area contributed by atoms with Crippen LogP contribution >= 0.6 is 22.6 Å². The van der Waals surface area contributed by atoms with Gasteiger partial charge in [-0.1, -0.05) is 32.0 Å². The van der Waals surface area contributed by atoms with E-state index in [-0.39, 0.29) is 5.41 Å². The summed E-state index contributed by atoms with van der Waals surface area (Å²) in [5.41, 5.74) is 6.17. The molecule has 1 heterocycles. The summed E-state index contributed by atoms with van der Waals surface area (Å²) in [6.07, 6.45) is 4.05. The molecule has 2 nitrogen and oxygen atoms in total. The molecule has 1 aliphatic heterocycles. The third-order valence-corrected chi connectivity index (χ3v) is 5.75. The zero-order valence-corrected chi connectivity index (χ0v) is 16.1. The number of fused-ring (bicyclic) bond motifs is 1. The highest BCUT2D eigenvalue weighted by Crippen LogP contribution is 2.46. The summed E-state index contributed by atoms with van der Waals surface area (Å²) < 4.78 is 1.27. The minimum Gasteiger partial charge on any atom is -0.347 e. The van der Waals surface area contributed by atoms with Gasteiger partial charge in [-0.25, -0.2) is 0 Å². The van der Waals surface area contributed by atoms with Gasteiger partial charge >= 0.3 is 0 Å². The Morgan fingerprint density at radius 1 is 1.13 bits per heavy atom. The Kier molecular flexibility index (Phi) is 4.32. The van der Waals surface area contributed by atoms with Crippen LogP contribution in [0.1, 0.15) is 25.0 Å². The monoisotopic (exact) mass is 416 g/mol. The van der Waals surface area contributed by atoms with Crippen molar-refractivity contribution in [2.45, 2.75) is 26.2 Å². The summed E-state index contributed by atoms with van der Waals surface area (Å²) >= 11 is 2.35. The Morgan fingerprint density at radius 3 is 2.57 bits per heavy atom. The Labute approximate surface area is 152 Å². The third kappa shape index (κ3) is 2.94. The van der Waals surface area contributed by atoms with Gasteiger partial charge in [0.1, 0.15) is 0 Å². The number of hydrogen-bond acceptors (Lipinski definition) is 2. The molecule has 0 atom stereocenters. The molecule has 0 aromatic heterocycles. The number of aryl methyl sites for hydroxylation is 1. The zero-order chi connectivity index (χ0) is 16.6. The molecule has 0 radical (unpaired) electrons. The predicted octanol–water partition coefficient (Wildman–Crippen LogP) is 5.61. The summed E-state index contributed by atoms with van der Waals surface area (Å²) in [7, 11) is 2.13. The molecule has 0 saturated heterocycles. The van der Waals surface area contributed by atoms with Crippen molar-refractivity contribution in [1.29, 1.82) is 0 Å². The first-order chi connectivity index (χ1) is 10.9. The molecule has 0 aliphatic carbocycles. The lowest BCUT2D eigenvalue weighted by Gasteiger charge is -2.23. The van der Waals surface area contributed by atoms with Gasteiger partial charge in [-0.2, -0.15) is 0 Å². The molecule has 23 heavy (non-hydrogen) atoms. The predicted molar refractivity (Wildman–Crippen MR) is 108 cm³/mol. The SMILES string of the molecule is Cc1cc(N=CC=C2N(C)c3ccccc3C2(C)C)ccc1I. The lowest BCUT2D eigenvalue weighted by atomic mass is 9.84. The van der Waals surface area contributed by atoms with Crippen molar-refractivity contribution in [3.63, 3.8) is 0 Å². The molecule has 0 saturated carbocycles. The number of nitrogens with zero attached hydrogens (tertiary/aromatic N) is 2. The zero-order valence-electron chi connectivity index (χ0n) is 14.0. The van der Waals surface area contributed by atoms with E-state index >= 15 is 0 Å². The first-order valence-electron chi connectivity index (χ1n) is 7.75. The molecular weight excluding hydrogens is 395 g/mol. The van der Waals surface area contributed by atoms with Crippen LogP contribution in [0.15, 0.2) is 59.2 Å². The maximum atomic E-state index is 4.60. The van der Waals surface area contributed by atoms with Gasteiger partial charge in [0, 0.05) is 33.6 Å². The van der Waals surface area contributed by atoms with Gasteiger partial charge in [0.25, 0.3) is 0 Å². The van der Waals surface area contributed by atoms with E-state index in [9.17, 15) is 0 Å². The van der Waals surface area contributed by atoms with E-state index in [1.165, 1.54) is 26.1 Å². The Morgan fingerprint density at radius 2 is 1.87 bits per heavy atom. The number of halogens is 1. The lowest BCUT2D eigenvalue weighted by Crippen LogP contribution is -2.22. The molecule has 0 fully saturated rings. The van der Waals surface area contributed by atoms with Crippen molar-refractivity contribution in [2.24, 2.45) is 4.99 Å². The number of rotatable bonds is 2. The molecule has 0 bridgehead atoms. The summed E-state index contributed by atoms with van der Waals surface area (Å²) in [4.78, 5) is 6.87. The fourth-order valence-electron chi connectivity index (χ4n) is 3.20. The molecule has 3 heteroatoms. The van der Waals surface area contributed by atoms with Crippen LogP contribution in [0.2, 0.25) is 0 Å². The van der Waals surface area contributed by atoms with Crippen LogP contribution < -0.4 is 4.90 Å². The van der Waals surface area contributed by atoms with Gasteiger partial charge in [-0.05, 0) is 71.0 Å². The highest BCUT2D eigenvalue weighted by molar-refractivity contribution is 14.1. The average Bonchev–Trinajstić information content (AvgIpc) is 2.72. The van der Waals surface area contributed by atoms with Crippen LogP contribution in [0.3, 0.4) is 0 Å². The topological polar surface area (TPSA) is 15.6 Å². The van der Waals surface area contributed by atoms with E-state index in [2.05, 4.69) is 109 Å². The fraction of sp³-hybridized carbons (Fsp3) is 0.250. The second-order valence-electron chi connectivity index (χ2n) is 6.46. The van der Waals surface area contributed by atoms with E-state index in [0.717, 1.165) is 5.69 Å². The maximum Gasteiger partial charge on any atom is 0.0633 e. The molecule has 1 aliphatic rings. The van der Waals surface area contributed by atoms with Crippen LogP contribution in [-0.4, -0.2) is 13.3 Å². The molecule has 0 amide bonds. The molecule has 2 aromatic carbocycles. The van der Waals surface area contributed by atoms with Crippen molar-refractivity contribution in [1.82, 2.24) is 0 Å². The molecule has 0 spiro atoms. The van der Waals surface area contributed by atoms with Crippen molar-refractivity contribution >= 4 is 40.2 Å². The number of likely N-dealkylation sites (N-methyl/N-ethyl adjacent to an activating group) is 1. The number of anilines is 1. The lowest BCUT2D eigenvalue weighted by molar-refractivity contribution is 0.641. The van der Waals surface area contributed by atoms with Gasteiger partial charge in [-0.3, -0.25) is 4.99 Å². The molecule has 3 rings (SSSR count). The summed E-state index contributed by atoms with van der Waals surface area (Å²) in [6, 6.07) is 14.9. The van der Waals surface area contributed by atoms with Crippen LogP contribution in [0.25, 0.3) is 0 Å². The molecule has 0 unspecified atom stereocenters. The maximum absolute atomic E-state index is 4.60. The van der Waals surface area contributed by atoms with E-state index in [1.54, 1.807) is 0 Å². The van der Waals surface area contributed by atoms with E-state index in [1.807, 2.05) is 6.21 Å². The average molecular weight is 416 g/mol.